The highest BCUT2D eigenvalue weighted by molar-refractivity contribution is 7.11. The Morgan fingerprint density at radius 3 is 2.36 bits per heavy atom. The zero-order chi connectivity index (χ0) is 15.4. The van der Waals surface area contributed by atoms with Crippen LogP contribution in [0.5, 0.6) is 5.75 Å². The van der Waals surface area contributed by atoms with E-state index in [9.17, 15) is 4.79 Å². The van der Waals surface area contributed by atoms with Crippen LogP contribution in [0.4, 0.5) is 0 Å². The number of thiazole rings is 1. The van der Waals surface area contributed by atoms with Crippen LogP contribution in [-0.2, 0) is 6.61 Å². The Labute approximate surface area is 131 Å². The van der Waals surface area contributed by atoms with Crippen LogP contribution in [0.3, 0.4) is 0 Å². The lowest BCUT2D eigenvalue weighted by molar-refractivity contribution is 0.0696. The first-order chi connectivity index (χ1) is 10.7. The Balaban J connectivity index is 1.65. The predicted molar refractivity (Wildman–Crippen MR) is 85.3 cm³/mol. The second kappa shape index (κ2) is 6.41. The number of nitrogens with zero attached hydrogens (tertiary/aromatic N) is 1. The minimum absolute atomic E-state index is 0.0815. The molecule has 5 heteroatoms. The maximum atomic E-state index is 10.8. The van der Waals surface area contributed by atoms with E-state index in [-0.39, 0.29) is 11.6 Å². The van der Waals surface area contributed by atoms with Crippen molar-refractivity contribution in [2.75, 3.05) is 0 Å². The van der Waals surface area contributed by atoms with Crippen molar-refractivity contribution in [1.29, 1.82) is 0 Å². The molecule has 3 aromatic rings. The highest BCUT2D eigenvalue weighted by Gasteiger charge is 2.09. The largest absolute Gasteiger partial charge is 0.487 e. The summed E-state index contributed by atoms with van der Waals surface area (Å²) in [5.74, 6) is -0.284. The highest BCUT2D eigenvalue weighted by Crippen LogP contribution is 2.22. The number of rotatable bonds is 5. The lowest BCUT2D eigenvalue weighted by Crippen LogP contribution is -1.99. The number of ether oxygens (including phenoxy) is 1. The number of carboxylic acid groups (broad SMARTS) is 1. The molecule has 1 N–H and O–H groups in total. The summed E-state index contributed by atoms with van der Waals surface area (Å²) < 4.78 is 5.63. The van der Waals surface area contributed by atoms with E-state index in [1.165, 1.54) is 0 Å². The molecule has 4 nitrogen and oxygen atoms in total. The van der Waals surface area contributed by atoms with Crippen molar-refractivity contribution in [2.45, 2.75) is 6.61 Å². The van der Waals surface area contributed by atoms with E-state index in [1.807, 2.05) is 42.5 Å². The third-order valence-electron chi connectivity index (χ3n) is 3.08. The van der Waals surface area contributed by atoms with Gasteiger partial charge in [0.1, 0.15) is 12.4 Å². The Kier molecular flexibility index (Phi) is 4.16. The summed E-state index contributed by atoms with van der Waals surface area (Å²) in [5.41, 5.74) is 2.89. The first-order valence-electron chi connectivity index (χ1n) is 6.68. The van der Waals surface area contributed by atoms with Crippen LogP contribution in [0.2, 0.25) is 0 Å². The number of carboxylic acids is 1. The molecule has 0 radical (unpaired) electrons. The molecule has 1 aromatic heterocycles. The normalized spacial score (nSPS) is 10.4. The van der Waals surface area contributed by atoms with Gasteiger partial charge in [0.05, 0.1) is 5.69 Å². The molecule has 22 heavy (non-hydrogen) atoms. The number of hydrogen-bond acceptors (Lipinski definition) is 4. The summed E-state index contributed by atoms with van der Waals surface area (Å²) in [6.45, 7) is 0.258. The Morgan fingerprint density at radius 2 is 1.73 bits per heavy atom. The zero-order valence-electron chi connectivity index (χ0n) is 11.6. The molecule has 0 fully saturated rings. The van der Waals surface area contributed by atoms with Crippen molar-refractivity contribution in [2.24, 2.45) is 0 Å². The SMILES string of the molecule is O=C(O)c1nc(COc2ccc(-c3ccccc3)cc2)cs1. The molecule has 0 aliphatic rings. The predicted octanol–water partition coefficient (Wildman–Crippen LogP) is 4.09. The molecule has 0 saturated carbocycles. The number of aromatic carboxylic acids is 1. The Hall–Kier alpha value is -2.66. The molecule has 3 rings (SSSR count). The number of carbonyl (C=O) groups is 1. The molecule has 0 aliphatic carbocycles. The van der Waals surface area contributed by atoms with Gasteiger partial charge >= 0.3 is 5.97 Å². The van der Waals surface area contributed by atoms with Gasteiger partial charge in [0.15, 0.2) is 0 Å². The number of aromatic nitrogens is 1. The molecule has 0 spiro atoms. The van der Waals surface area contributed by atoms with Gasteiger partial charge < -0.3 is 9.84 Å². The summed E-state index contributed by atoms with van der Waals surface area (Å²) in [5, 5.41) is 10.6. The number of hydrogen-bond donors (Lipinski definition) is 1. The van der Waals surface area contributed by atoms with Gasteiger partial charge in [-0.05, 0) is 23.3 Å². The van der Waals surface area contributed by atoms with Crippen LogP contribution < -0.4 is 4.74 Å². The second-order valence-electron chi connectivity index (χ2n) is 4.63. The monoisotopic (exact) mass is 311 g/mol. The van der Waals surface area contributed by atoms with Crippen LogP contribution >= 0.6 is 11.3 Å². The van der Waals surface area contributed by atoms with Crippen molar-refractivity contribution in [3.63, 3.8) is 0 Å². The molecule has 2 aromatic carbocycles. The molecular weight excluding hydrogens is 298 g/mol. The maximum Gasteiger partial charge on any atom is 0.365 e. The van der Waals surface area contributed by atoms with E-state index < -0.39 is 5.97 Å². The van der Waals surface area contributed by atoms with E-state index in [0.717, 1.165) is 28.2 Å². The van der Waals surface area contributed by atoms with Crippen LogP contribution in [0.1, 0.15) is 15.5 Å². The van der Waals surface area contributed by atoms with Gasteiger partial charge in [-0.15, -0.1) is 11.3 Å². The van der Waals surface area contributed by atoms with Crippen molar-refractivity contribution < 1.29 is 14.6 Å². The lowest BCUT2D eigenvalue weighted by Gasteiger charge is -2.06. The average Bonchev–Trinajstić information content (AvgIpc) is 3.04. The van der Waals surface area contributed by atoms with E-state index >= 15 is 0 Å². The summed E-state index contributed by atoms with van der Waals surface area (Å²) in [4.78, 5) is 14.8. The first-order valence-corrected chi connectivity index (χ1v) is 7.56. The van der Waals surface area contributed by atoms with E-state index in [4.69, 9.17) is 9.84 Å². The van der Waals surface area contributed by atoms with Crippen LogP contribution in [-0.4, -0.2) is 16.1 Å². The Morgan fingerprint density at radius 1 is 1.05 bits per heavy atom. The van der Waals surface area contributed by atoms with Gasteiger partial charge in [-0.3, -0.25) is 0 Å². The fourth-order valence-electron chi connectivity index (χ4n) is 2.00. The standard InChI is InChI=1S/C17H13NO3S/c19-17(20)16-18-14(11-22-16)10-21-15-8-6-13(7-9-15)12-4-2-1-3-5-12/h1-9,11H,10H2,(H,19,20). The van der Waals surface area contributed by atoms with Crippen molar-refractivity contribution in [1.82, 2.24) is 4.98 Å². The fraction of sp³-hybridized carbons (Fsp3) is 0.0588. The molecule has 0 saturated heterocycles. The van der Waals surface area contributed by atoms with E-state index in [1.54, 1.807) is 5.38 Å². The molecular formula is C17H13NO3S. The summed E-state index contributed by atoms with van der Waals surface area (Å²) in [6.07, 6.45) is 0. The zero-order valence-corrected chi connectivity index (χ0v) is 12.4. The fourth-order valence-corrected chi connectivity index (χ4v) is 2.64. The quantitative estimate of drug-likeness (QED) is 0.771. The lowest BCUT2D eigenvalue weighted by atomic mass is 10.1. The maximum absolute atomic E-state index is 10.8. The topological polar surface area (TPSA) is 59.4 Å². The van der Waals surface area contributed by atoms with Crippen molar-refractivity contribution in [3.05, 3.63) is 70.7 Å². The van der Waals surface area contributed by atoms with E-state index in [0.29, 0.717) is 5.69 Å². The van der Waals surface area contributed by atoms with Gasteiger partial charge in [0, 0.05) is 5.38 Å². The summed E-state index contributed by atoms with van der Waals surface area (Å²) >= 11 is 1.10. The highest BCUT2D eigenvalue weighted by atomic mass is 32.1. The molecule has 0 atom stereocenters. The number of benzene rings is 2. The van der Waals surface area contributed by atoms with Gasteiger partial charge in [-0.1, -0.05) is 42.5 Å². The van der Waals surface area contributed by atoms with Crippen LogP contribution in [0.15, 0.2) is 60.0 Å². The molecule has 0 amide bonds. The van der Waals surface area contributed by atoms with Crippen molar-refractivity contribution in [3.8, 4) is 16.9 Å². The van der Waals surface area contributed by atoms with Gasteiger partial charge in [-0.25, -0.2) is 9.78 Å². The van der Waals surface area contributed by atoms with Gasteiger partial charge in [0.25, 0.3) is 0 Å². The molecule has 1 heterocycles. The van der Waals surface area contributed by atoms with Gasteiger partial charge in [-0.2, -0.15) is 0 Å². The minimum Gasteiger partial charge on any atom is -0.487 e. The van der Waals surface area contributed by atoms with Crippen LogP contribution in [0, 0.1) is 0 Å². The smallest absolute Gasteiger partial charge is 0.365 e. The van der Waals surface area contributed by atoms with Crippen molar-refractivity contribution >= 4 is 17.3 Å². The first kappa shape index (κ1) is 14.3. The second-order valence-corrected chi connectivity index (χ2v) is 5.49. The molecule has 0 unspecified atom stereocenters. The summed E-state index contributed by atoms with van der Waals surface area (Å²) in [6, 6.07) is 17.9. The van der Waals surface area contributed by atoms with E-state index in [2.05, 4.69) is 17.1 Å². The molecule has 110 valence electrons. The molecule has 0 bridgehead atoms. The Bertz CT molecular complexity index is 766. The van der Waals surface area contributed by atoms with Gasteiger partial charge in [0.2, 0.25) is 5.01 Å². The van der Waals surface area contributed by atoms with Crippen LogP contribution in [0.25, 0.3) is 11.1 Å². The summed E-state index contributed by atoms with van der Waals surface area (Å²) in [7, 11) is 0. The third-order valence-corrected chi connectivity index (χ3v) is 3.96. The minimum atomic E-state index is -1.01. The average molecular weight is 311 g/mol. The molecule has 0 aliphatic heterocycles. The third kappa shape index (κ3) is 3.32.